The van der Waals surface area contributed by atoms with E-state index in [9.17, 15) is 18.9 Å². The summed E-state index contributed by atoms with van der Waals surface area (Å²) in [4.78, 5) is 10.1. The second-order valence-corrected chi connectivity index (χ2v) is 8.52. The molecule has 4 rings (SSSR count). The van der Waals surface area contributed by atoms with Gasteiger partial charge in [-0.15, -0.1) is 0 Å². The summed E-state index contributed by atoms with van der Waals surface area (Å²) in [5.41, 5.74) is 7.08. The van der Waals surface area contributed by atoms with E-state index in [1.165, 1.54) is 62.8 Å². The van der Waals surface area contributed by atoms with Crippen molar-refractivity contribution in [2.24, 2.45) is 0 Å². The molecule has 0 saturated carbocycles. The largest absolute Gasteiger partial charge is 0.493 e. The van der Waals surface area contributed by atoms with Gasteiger partial charge in [0.15, 0.2) is 23.0 Å². The van der Waals surface area contributed by atoms with Crippen molar-refractivity contribution in [1.29, 1.82) is 0 Å². The van der Waals surface area contributed by atoms with Gasteiger partial charge in [0.05, 0.1) is 19.1 Å². The summed E-state index contributed by atoms with van der Waals surface area (Å²) < 4.78 is 49.0. The minimum Gasteiger partial charge on any atom is -0.493 e. The Balaban J connectivity index is 0.000000397. The van der Waals surface area contributed by atoms with Crippen LogP contribution in [-0.4, -0.2) is 30.9 Å². The van der Waals surface area contributed by atoms with Gasteiger partial charge in [-0.25, -0.2) is 8.78 Å². The Kier molecular flexibility index (Phi) is 15.4. The molecule has 0 saturated heterocycles. The van der Waals surface area contributed by atoms with Crippen LogP contribution in [0.1, 0.15) is 32.4 Å². The molecule has 4 aromatic carbocycles. The number of aliphatic hydroxyl groups is 1. The lowest BCUT2D eigenvalue weighted by Gasteiger charge is -2.12. The summed E-state index contributed by atoms with van der Waals surface area (Å²) in [7, 11) is 2.96. The van der Waals surface area contributed by atoms with Crippen LogP contribution in [0.5, 0.6) is 34.5 Å². The van der Waals surface area contributed by atoms with Crippen molar-refractivity contribution in [3.05, 3.63) is 112 Å². The van der Waals surface area contributed by atoms with Crippen molar-refractivity contribution in [3.63, 3.8) is 0 Å². The zero-order valence-corrected chi connectivity index (χ0v) is 24.3. The minimum atomic E-state index is -0.511. The number of nitrogens with zero attached hydrogens (tertiary/aromatic N) is 1. The number of aryl methyl sites for hydroxylation is 1. The van der Waals surface area contributed by atoms with Gasteiger partial charge in [0, 0.05) is 42.1 Å². The summed E-state index contributed by atoms with van der Waals surface area (Å²) in [5.74, 6) is 1.49. The maximum Gasteiger partial charge on any atom is 0.269 e. The Morgan fingerprint density at radius 3 is 1.73 bits per heavy atom. The molecule has 44 heavy (non-hydrogen) atoms. The van der Waals surface area contributed by atoms with Crippen molar-refractivity contribution in [1.82, 2.24) is 0 Å². The number of nitrogen functional groups attached to an aromatic ring is 1. The maximum absolute atomic E-state index is 13.8. The predicted octanol–water partition coefficient (Wildman–Crippen LogP) is 8.58. The molecule has 236 valence electrons. The van der Waals surface area contributed by atoms with Gasteiger partial charge in [-0.1, -0.05) is 27.0 Å². The van der Waals surface area contributed by atoms with E-state index < -0.39 is 10.7 Å². The number of rotatable bonds is 9. The molecule has 0 amide bonds. The molecular weight excluding hydrogens is 574 g/mol. The normalized spacial score (nSPS) is 9.61. The number of hydrogen-bond donors (Lipinski definition) is 2. The van der Waals surface area contributed by atoms with Crippen molar-refractivity contribution in [2.75, 3.05) is 26.6 Å². The third kappa shape index (κ3) is 10.6. The van der Waals surface area contributed by atoms with Gasteiger partial charge >= 0.3 is 0 Å². The van der Waals surface area contributed by atoms with Crippen LogP contribution >= 0.6 is 0 Å². The molecule has 0 heterocycles. The number of anilines is 1. The van der Waals surface area contributed by atoms with Gasteiger partial charge in [-0.05, 0) is 67.4 Å². The molecule has 0 aliphatic rings. The molecule has 3 N–H and O–H groups in total. The highest BCUT2D eigenvalue weighted by Gasteiger charge is 2.13. The first-order valence-electron chi connectivity index (χ1n) is 13.0. The first kappa shape index (κ1) is 36.9. The Morgan fingerprint density at radius 2 is 1.30 bits per heavy atom. The predicted molar refractivity (Wildman–Crippen MR) is 169 cm³/mol. The number of halogens is 2. The second-order valence-electron chi connectivity index (χ2n) is 8.52. The van der Waals surface area contributed by atoms with Crippen LogP contribution in [0, 0.1) is 21.7 Å². The molecule has 4 aromatic rings. The Morgan fingerprint density at radius 1 is 0.841 bits per heavy atom. The first-order chi connectivity index (χ1) is 20.6. The summed E-state index contributed by atoms with van der Waals surface area (Å²) >= 11 is 0. The molecule has 0 unspecified atom stereocenters. The van der Waals surface area contributed by atoms with E-state index >= 15 is 0 Å². The molecule has 0 aromatic heterocycles. The van der Waals surface area contributed by atoms with Crippen molar-refractivity contribution in [2.45, 2.75) is 27.7 Å². The average molecular weight is 613 g/mol. The van der Waals surface area contributed by atoms with Crippen LogP contribution in [0.4, 0.5) is 20.2 Å². The number of non-ortho nitro benzene ring substituents is 1. The number of hydrogen-bond acceptors (Lipinski definition) is 8. The van der Waals surface area contributed by atoms with Crippen molar-refractivity contribution >= 4 is 17.5 Å². The summed E-state index contributed by atoms with van der Waals surface area (Å²) in [6, 6.07) is 18.0. The SMILES string of the molecule is C.C=Cc1cc(OC)c(Oc2ccc([N+](=O)[O-])cc2)cc1F.CCO.CCc1cc(OC)c(Oc2ccc(N)cc2)cc1F. The second kappa shape index (κ2) is 18.4. The Hall–Kier alpha value is -5.16. The van der Waals surface area contributed by atoms with Crippen LogP contribution in [0.25, 0.3) is 6.08 Å². The minimum absolute atomic E-state index is 0. The third-order valence-electron chi connectivity index (χ3n) is 5.60. The standard InChI is InChI=1S/C15H12FNO4.C15H16FNO2.C2H6O.CH4/c1-3-10-8-14(20-2)15(9-13(10)16)21-12-6-4-11(5-7-12)17(18)19;1-3-10-8-14(18-2)15(9-13(10)16)19-12-6-4-11(17)5-7-12;1-2-3;/h3-9H,1H2,2H3;4-9H,3,17H2,1-2H3;3H,2H2,1H3;1H4. The topological polar surface area (TPSA) is 126 Å². The molecule has 0 bridgehead atoms. The van der Waals surface area contributed by atoms with Gasteiger partial charge in [0.25, 0.3) is 5.69 Å². The highest BCUT2D eigenvalue weighted by Crippen LogP contribution is 2.35. The monoisotopic (exact) mass is 612 g/mol. The lowest BCUT2D eigenvalue weighted by molar-refractivity contribution is -0.384. The number of ether oxygens (including phenoxy) is 4. The number of benzene rings is 4. The summed E-state index contributed by atoms with van der Waals surface area (Å²) in [6.07, 6.45) is 1.97. The van der Waals surface area contributed by atoms with E-state index in [-0.39, 0.29) is 31.3 Å². The fourth-order valence-electron chi connectivity index (χ4n) is 3.46. The van der Waals surface area contributed by atoms with E-state index in [0.29, 0.717) is 52.0 Å². The molecule has 9 nitrogen and oxygen atoms in total. The molecule has 11 heteroatoms. The van der Waals surface area contributed by atoms with E-state index in [2.05, 4.69) is 6.58 Å². The Labute approximate surface area is 256 Å². The van der Waals surface area contributed by atoms with Crippen molar-refractivity contribution < 1.29 is 37.8 Å². The fourth-order valence-corrected chi connectivity index (χ4v) is 3.46. The maximum atomic E-state index is 13.8. The average Bonchev–Trinajstić information content (AvgIpc) is 2.99. The highest BCUT2D eigenvalue weighted by molar-refractivity contribution is 5.56. The lowest BCUT2D eigenvalue weighted by atomic mass is 10.1. The van der Waals surface area contributed by atoms with E-state index in [1.807, 2.05) is 6.92 Å². The summed E-state index contributed by atoms with van der Waals surface area (Å²) in [6.45, 7) is 7.32. The Bertz CT molecular complexity index is 1500. The number of methoxy groups -OCH3 is 2. The van der Waals surface area contributed by atoms with Crippen LogP contribution in [0.3, 0.4) is 0 Å². The molecule has 0 aliphatic carbocycles. The van der Waals surface area contributed by atoms with Crippen molar-refractivity contribution in [3.8, 4) is 34.5 Å². The molecule has 0 spiro atoms. The van der Waals surface area contributed by atoms with Gasteiger partial charge < -0.3 is 29.8 Å². The third-order valence-corrected chi connectivity index (χ3v) is 5.60. The fraction of sp³-hybridized carbons (Fsp3) is 0.212. The number of aliphatic hydroxyl groups excluding tert-OH is 1. The summed E-state index contributed by atoms with van der Waals surface area (Å²) in [5, 5.41) is 18.1. The molecule has 0 radical (unpaired) electrons. The van der Waals surface area contributed by atoms with Crippen LogP contribution in [0.2, 0.25) is 0 Å². The molecule has 0 aliphatic heterocycles. The molecule has 0 atom stereocenters. The number of nitrogens with two attached hydrogens (primary N) is 1. The van der Waals surface area contributed by atoms with Gasteiger partial charge in [0.2, 0.25) is 0 Å². The zero-order valence-electron chi connectivity index (χ0n) is 24.3. The highest BCUT2D eigenvalue weighted by atomic mass is 19.1. The van der Waals surface area contributed by atoms with E-state index in [1.54, 1.807) is 37.3 Å². The van der Waals surface area contributed by atoms with Gasteiger partial charge in [-0.2, -0.15) is 0 Å². The lowest BCUT2D eigenvalue weighted by Crippen LogP contribution is -1.95. The molecule has 0 fully saturated rings. The van der Waals surface area contributed by atoms with Crippen LogP contribution in [-0.2, 0) is 6.42 Å². The van der Waals surface area contributed by atoms with Crippen LogP contribution < -0.4 is 24.7 Å². The van der Waals surface area contributed by atoms with Gasteiger partial charge in [0.1, 0.15) is 23.1 Å². The quantitative estimate of drug-likeness (QED) is 0.109. The van der Waals surface area contributed by atoms with Crippen LogP contribution in [0.15, 0.2) is 79.4 Å². The number of nitro groups is 1. The first-order valence-corrected chi connectivity index (χ1v) is 13.0. The van der Waals surface area contributed by atoms with Gasteiger partial charge in [-0.3, -0.25) is 10.1 Å². The number of nitro benzene ring substituents is 1. The van der Waals surface area contributed by atoms with E-state index in [4.69, 9.17) is 29.8 Å². The molecular formula is C33H38F2N2O7. The zero-order chi connectivity index (χ0) is 31.9. The van der Waals surface area contributed by atoms with E-state index in [0.717, 1.165) is 0 Å². The smallest absolute Gasteiger partial charge is 0.269 e.